The zero-order chi connectivity index (χ0) is 17.6. The van der Waals surface area contributed by atoms with Crippen molar-refractivity contribution in [3.05, 3.63) is 10.4 Å². The molecule has 2 aliphatic heterocycles. The molecule has 0 unspecified atom stereocenters. The van der Waals surface area contributed by atoms with E-state index in [4.69, 9.17) is 10.5 Å². The maximum absolute atomic E-state index is 12.3. The number of ether oxygens (including phenoxy) is 1. The van der Waals surface area contributed by atoms with Gasteiger partial charge in [-0.05, 0) is 5.92 Å². The van der Waals surface area contributed by atoms with E-state index in [0.717, 1.165) is 0 Å². The molecular weight excluding hydrogens is 318 g/mol. The van der Waals surface area contributed by atoms with E-state index in [9.17, 15) is 20.1 Å². The van der Waals surface area contributed by atoms with E-state index in [1.807, 2.05) is 18.7 Å². The van der Waals surface area contributed by atoms with Gasteiger partial charge < -0.3 is 35.6 Å². The summed E-state index contributed by atoms with van der Waals surface area (Å²) in [6.07, 6.45) is -4.29. The van der Waals surface area contributed by atoms with E-state index in [1.165, 1.54) is 0 Å². The number of aliphatic hydroxyl groups excluding tert-OH is 3. The first kappa shape index (κ1) is 17.0. The number of rotatable bonds is 4. The standard InChI is InChI=1S/C14H23N5O5/c1-6(2)3-18-5-19(11-8(18)12(23)17-14(15)16-11)13-10(22)9(21)7(4-20)24-13/h6-7,9-10,13,20-22H,3-5H2,1-2H3,(H3,15,16,17,23)/t7-,9-,10-,13-/m1/s1. The van der Waals surface area contributed by atoms with Crippen LogP contribution in [0.2, 0.25) is 0 Å². The molecule has 1 fully saturated rings. The number of fused-ring (bicyclic) bond motifs is 1. The Morgan fingerprint density at radius 1 is 1.42 bits per heavy atom. The van der Waals surface area contributed by atoms with Crippen LogP contribution in [0.5, 0.6) is 0 Å². The van der Waals surface area contributed by atoms with Crippen LogP contribution >= 0.6 is 0 Å². The van der Waals surface area contributed by atoms with Crippen molar-refractivity contribution in [3.8, 4) is 0 Å². The van der Waals surface area contributed by atoms with Crippen LogP contribution in [-0.2, 0) is 4.74 Å². The molecule has 3 rings (SSSR count). The predicted molar refractivity (Wildman–Crippen MR) is 86.6 cm³/mol. The third-order valence-corrected chi connectivity index (χ3v) is 4.22. The number of aliphatic hydroxyl groups is 3. The topological polar surface area (TPSA) is 148 Å². The summed E-state index contributed by atoms with van der Waals surface area (Å²) in [6, 6.07) is 0. The summed E-state index contributed by atoms with van der Waals surface area (Å²) < 4.78 is 5.57. The van der Waals surface area contributed by atoms with Gasteiger partial charge in [-0.3, -0.25) is 9.78 Å². The first-order valence-electron chi connectivity index (χ1n) is 7.87. The quantitative estimate of drug-likeness (QED) is 0.420. The summed E-state index contributed by atoms with van der Waals surface area (Å²) in [5.41, 5.74) is 5.64. The van der Waals surface area contributed by atoms with E-state index in [0.29, 0.717) is 24.0 Å². The van der Waals surface area contributed by atoms with Crippen molar-refractivity contribution in [2.75, 3.05) is 35.4 Å². The molecule has 10 heteroatoms. The van der Waals surface area contributed by atoms with Gasteiger partial charge >= 0.3 is 0 Å². The Labute approximate surface area is 138 Å². The fraction of sp³-hybridized carbons (Fsp3) is 0.714. The van der Waals surface area contributed by atoms with E-state index in [-0.39, 0.29) is 18.2 Å². The van der Waals surface area contributed by atoms with Gasteiger partial charge in [-0.1, -0.05) is 13.8 Å². The lowest BCUT2D eigenvalue weighted by Crippen LogP contribution is -2.46. The monoisotopic (exact) mass is 341 g/mol. The Morgan fingerprint density at radius 2 is 2.12 bits per heavy atom. The van der Waals surface area contributed by atoms with Gasteiger partial charge in [0.05, 0.1) is 13.3 Å². The maximum Gasteiger partial charge on any atom is 0.278 e. The van der Waals surface area contributed by atoms with Crippen LogP contribution in [0.15, 0.2) is 4.79 Å². The van der Waals surface area contributed by atoms with Gasteiger partial charge in [0.25, 0.3) is 5.56 Å². The Hall–Kier alpha value is -1.88. The molecule has 0 saturated carbocycles. The zero-order valence-corrected chi connectivity index (χ0v) is 13.6. The Balaban J connectivity index is 1.98. The molecule has 24 heavy (non-hydrogen) atoms. The largest absolute Gasteiger partial charge is 0.394 e. The van der Waals surface area contributed by atoms with Crippen molar-refractivity contribution in [2.24, 2.45) is 5.92 Å². The van der Waals surface area contributed by atoms with Crippen LogP contribution < -0.4 is 21.1 Å². The summed E-state index contributed by atoms with van der Waals surface area (Å²) in [5, 5.41) is 29.5. The highest BCUT2D eigenvalue weighted by Crippen LogP contribution is 2.36. The number of nitrogens with zero attached hydrogens (tertiary/aromatic N) is 3. The molecule has 1 aromatic rings. The van der Waals surface area contributed by atoms with Gasteiger partial charge in [-0.25, -0.2) is 0 Å². The molecule has 0 aliphatic carbocycles. The second kappa shape index (κ2) is 6.20. The molecule has 0 aromatic carbocycles. The lowest BCUT2D eigenvalue weighted by atomic mass is 10.1. The van der Waals surface area contributed by atoms with Crippen LogP contribution in [0.25, 0.3) is 0 Å². The molecule has 0 bridgehead atoms. The number of hydrogen-bond acceptors (Lipinski definition) is 9. The minimum absolute atomic E-state index is 0.0399. The van der Waals surface area contributed by atoms with Crippen molar-refractivity contribution < 1.29 is 20.1 Å². The smallest absolute Gasteiger partial charge is 0.278 e. The molecule has 4 atom stereocenters. The molecule has 1 aromatic heterocycles. The highest BCUT2D eigenvalue weighted by Gasteiger charge is 2.48. The van der Waals surface area contributed by atoms with E-state index >= 15 is 0 Å². The summed E-state index contributed by atoms with van der Waals surface area (Å²) in [7, 11) is 0. The number of aromatic nitrogens is 2. The fourth-order valence-electron chi connectivity index (χ4n) is 3.21. The zero-order valence-electron chi connectivity index (χ0n) is 13.6. The predicted octanol–water partition coefficient (Wildman–Crippen LogP) is -1.97. The van der Waals surface area contributed by atoms with Crippen molar-refractivity contribution in [3.63, 3.8) is 0 Å². The van der Waals surface area contributed by atoms with Crippen molar-refractivity contribution in [2.45, 2.75) is 38.4 Å². The number of anilines is 3. The Bertz CT molecular complexity index is 665. The Morgan fingerprint density at radius 3 is 2.71 bits per heavy atom. The van der Waals surface area contributed by atoms with Crippen LogP contribution in [-0.4, -0.2) is 69.6 Å². The van der Waals surface area contributed by atoms with Gasteiger partial charge in [-0.15, -0.1) is 0 Å². The number of nitrogens with one attached hydrogen (secondary N) is 1. The first-order chi connectivity index (χ1) is 11.3. The minimum atomic E-state index is -1.24. The Kier molecular flexibility index (Phi) is 4.38. The number of hydrogen-bond donors (Lipinski definition) is 5. The second-order valence-corrected chi connectivity index (χ2v) is 6.58. The third-order valence-electron chi connectivity index (χ3n) is 4.22. The van der Waals surface area contributed by atoms with Crippen LogP contribution in [0.3, 0.4) is 0 Å². The van der Waals surface area contributed by atoms with Crippen LogP contribution in [0.1, 0.15) is 13.8 Å². The van der Waals surface area contributed by atoms with Crippen LogP contribution in [0.4, 0.5) is 17.5 Å². The highest BCUT2D eigenvalue weighted by atomic mass is 16.6. The van der Waals surface area contributed by atoms with Gasteiger partial charge in [0.1, 0.15) is 24.0 Å². The van der Waals surface area contributed by atoms with E-state index in [1.54, 1.807) is 4.90 Å². The number of H-pyrrole nitrogens is 1. The van der Waals surface area contributed by atoms with Gasteiger partial charge in [0.2, 0.25) is 5.95 Å². The van der Waals surface area contributed by atoms with Crippen LogP contribution in [0, 0.1) is 5.92 Å². The molecule has 0 spiro atoms. The molecular formula is C14H23N5O5. The summed E-state index contributed by atoms with van der Waals surface area (Å²) in [4.78, 5) is 22.4. The van der Waals surface area contributed by atoms with Gasteiger partial charge in [0, 0.05) is 6.54 Å². The second-order valence-electron chi connectivity index (χ2n) is 6.58. The number of nitrogens with two attached hydrogens (primary N) is 1. The van der Waals surface area contributed by atoms with Gasteiger partial charge in [0.15, 0.2) is 12.0 Å². The highest BCUT2D eigenvalue weighted by molar-refractivity contribution is 5.73. The molecule has 2 aliphatic rings. The van der Waals surface area contributed by atoms with E-state index < -0.39 is 31.1 Å². The summed E-state index contributed by atoms with van der Waals surface area (Å²) in [5.74, 6) is 0.550. The lowest BCUT2D eigenvalue weighted by Gasteiger charge is -2.28. The summed E-state index contributed by atoms with van der Waals surface area (Å²) >= 11 is 0. The SMILES string of the molecule is CC(C)CN1CN([C@@H]2O[C@H](CO)[C@@H](O)[C@H]2O)c2nc(N)[nH]c(=O)c21. The average Bonchev–Trinajstić information content (AvgIpc) is 2.98. The number of aromatic amines is 1. The molecule has 3 heterocycles. The van der Waals surface area contributed by atoms with E-state index in [2.05, 4.69) is 9.97 Å². The molecule has 10 nitrogen and oxygen atoms in total. The van der Waals surface area contributed by atoms with Crippen molar-refractivity contribution in [1.29, 1.82) is 0 Å². The molecule has 1 saturated heterocycles. The maximum atomic E-state index is 12.3. The molecule has 0 amide bonds. The third kappa shape index (κ3) is 2.71. The normalized spacial score (nSPS) is 29.6. The minimum Gasteiger partial charge on any atom is -0.394 e. The summed E-state index contributed by atoms with van der Waals surface area (Å²) in [6.45, 7) is 4.49. The van der Waals surface area contributed by atoms with Crippen molar-refractivity contribution in [1.82, 2.24) is 9.97 Å². The molecule has 134 valence electrons. The lowest BCUT2D eigenvalue weighted by molar-refractivity contribution is -0.0222. The average molecular weight is 341 g/mol. The molecule has 6 N–H and O–H groups in total. The van der Waals surface area contributed by atoms with Gasteiger partial charge in [-0.2, -0.15) is 4.98 Å². The molecule has 0 radical (unpaired) electrons. The number of nitrogen functional groups attached to an aromatic ring is 1. The fourth-order valence-corrected chi connectivity index (χ4v) is 3.21. The van der Waals surface area contributed by atoms with Crippen molar-refractivity contribution >= 4 is 17.5 Å². The first-order valence-corrected chi connectivity index (χ1v) is 7.87.